The van der Waals surface area contributed by atoms with E-state index in [-0.39, 0.29) is 0 Å². The van der Waals surface area contributed by atoms with E-state index in [1.54, 1.807) is 42.1 Å². The van der Waals surface area contributed by atoms with E-state index < -0.39 is 12.6 Å². The number of benzene rings is 5. The molecule has 0 spiro atoms. The molecule has 0 saturated heterocycles. The Balaban J connectivity index is 1.54. The smallest absolute Gasteiger partial charge is 0.341 e. The third-order valence-electron chi connectivity index (χ3n) is 7.29. The molecule has 0 saturated carbocycles. The molecule has 0 aliphatic rings. The summed E-state index contributed by atoms with van der Waals surface area (Å²) in [5.74, 6) is 0.873. The highest BCUT2D eigenvalue weighted by atomic mass is 35.5. The van der Waals surface area contributed by atoms with Gasteiger partial charge in [-0.1, -0.05) is 94.9 Å². The standard InChI is InChI=1S/C38H30Cl4O4S/c1-3-45-36(22-47-30-14-17-35(23(2)18-30)46-21-37(43)44)38(26-8-4-24(5-9-26)31-19-28(39)12-15-33(31)41)27-10-6-25(7-11-27)32-20-29(40)13-16-34(32)42/h4-20H,3,21-22H2,1-2H3,(H,43,44). The van der Waals surface area contributed by atoms with Gasteiger partial charge < -0.3 is 14.6 Å². The third kappa shape index (κ3) is 8.86. The van der Waals surface area contributed by atoms with Crippen LogP contribution in [-0.4, -0.2) is 30.0 Å². The normalized spacial score (nSPS) is 10.9. The molecular weight excluding hydrogens is 694 g/mol. The second-order valence-corrected chi connectivity index (χ2v) is 13.3. The Hall–Kier alpha value is -3.58. The zero-order valence-electron chi connectivity index (χ0n) is 25.5. The molecular formula is C38H30Cl4O4S. The van der Waals surface area contributed by atoms with E-state index in [0.29, 0.717) is 38.2 Å². The number of carboxylic acids is 1. The highest BCUT2D eigenvalue weighted by molar-refractivity contribution is 7.99. The van der Waals surface area contributed by atoms with Crippen LogP contribution in [0.25, 0.3) is 27.8 Å². The lowest BCUT2D eigenvalue weighted by Crippen LogP contribution is -2.10. The van der Waals surface area contributed by atoms with Crippen molar-refractivity contribution in [2.75, 3.05) is 19.0 Å². The van der Waals surface area contributed by atoms with Crippen LogP contribution in [0.15, 0.2) is 114 Å². The second-order valence-electron chi connectivity index (χ2n) is 10.5. The molecule has 0 fully saturated rings. The van der Waals surface area contributed by atoms with Crippen molar-refractivity contribution in [2.24, 2.45) is 0 Å². The van der Waals surface area contributed by atoms with E-state index in [9.17, 15) is 4.79 Å². The number of hydrogen-bond acceptors (Lipinski definition) is 4. The summed E-state index contributed by atoms with van der Waals surface area (Å²) in [6, 6.07) is 32.9. The molecule has 1 N–H and O–H groups in total. The zero-order valence-corrected chi connectivity index (χ0v) is 29.4. The highest BCUT2D eigenvalue weighted by Crippen LogP contribution is 2.37. The van der Waals surface area contributed by atoms with Crippen molar-refractivity contribution in [1.82, 2.24) is 0 Å². The van der Waals surface area contributed by atoms with Gasteiger partial charge >= 0.3 is 5.97 Å². The van der Waals surface area contributed by atoms with E-state index in [4.69, 9.17) is 61.0 Å². The van der Waals surface area contributed by atoms with Crippen LogP contribution in [0.4, 0.5) is 0 Å². The molecule has 0 unspecified atom stereocenters. The number of aryl methyl sites for hydroxylation is 1. The number of aliphatic carboxylic acids is 1. The zero-order chi connectivity index (χ0) is 33.5. The molecule has 0 aliphatic heterocycles. The predicted molar refractivity (Wildman–Crippen MR) is 196 cm³/mol. The van der Waals surface area contributed by atoms with Crippen LogP contribution < -0.4 is 4.74 Å². The Morgan fingerprint density at radius 2 is 1.26 bits per heavy atom. The molecule has 240 valence electrons. The molecule has 0 radical (unpaired) electrons. The summed E-state index contributed by atoms with van der Waals surface area (Å²) in [6.07, 6.45) is 0. The molecule has 0 aromatic heterocycles. The maximum absolute atomic E-state index is 11.0. The second kappa shape index (κ2) is 16.0. The number of rotatable bonds is 12. The summed E-state index contributed by atoms with van der Waals surface area (Å²) in [5.41, 5.74) is 7.33. The van der Waals surface area contributed by atoms with Crippen molar-refractivity contribution in [2.45, 2.75) is 18.7 Å². The first-order chi connectivity index (χ1) is 22.6. The summed E-state index contributed by atoms with van der Waals surface area (Å²) in [5, 5.41) is 11.4. The Labute approximate surface area is 298 Å². The summed E-state index contributed by atoms with van der Waals surface area (Å²) in [6.45, 7) is 3.95. The quantitative estimate of drug-likeness (QED) is 0.103. The molecule has 0 heterocycles. The number of thioether (sulfide) groups is 1. The number of hydrogen-bond donors (Lipinski definition) is 1. The molecule has 0 atom stereocenters. The fourth-order valence-electron chi connectivity index (χ4n) is 5.08. The first kappa shape index (κ1) is 34.7. The number of carbonyl (C=O) groups is 1. The van der Waals surface area contributed by atoms with E-state index in [0.717, 1.165) is 55.2 Å². The van der Waals surface area contributed by atoms with Gasteiger partial charge in [0.25, 0.3) is 0 Å². The SMILES string of the molecule is CCOC(CSc1ccc(OCC(=O)O)c(C)c1)=C(c1ccc(-c2cc(Cl)ccc2Cl)cc1)c1ccc(-c2cc(Cl)ccc2Cl)cc1. The Bertz CT molecular complexity index is 1830. The lowest BCUT2D eigenvalue weighted by Gasteiger charge is -2.18. The van der Waals surface area contributed by atoms with Gasteiger partial charge in [0.05, 0.1) is 12.4 Å². The van der Waals surface area contributed by atoms with Gasteiger partial charge in [-0.15, -0.1) is 11.8 Å². The van der Waals surface area contributed by atoms with Crippen molar-refractivity contribution < 1.29 is 19.4 Å². The maximum atomic E-state index is 11.0. The molecule has 4 nitrogen and oxygen atoms in total. The summed E-state index contributed by atoms with van der Waals surface area (Å²) < 4.78 is 11.8. The monoisotopic (exact) mass is 722 g/mol. The van der Waals surface area contributed by atoms with Crippen LogP contribution >= 0.6 is 58.2 Å². The lowest BCUT2D eigenvalue weighted by molar-refractivity contribution is -0.139. The number of carboxylic acid groups (broad SMARTS) is 1. The van der Waals surface area contributed by atoms with E-state index in [2.05, 4.69) is 24.3 Å². The van der Waals surface area contributed by atoms with Crippen molar-refractivity contribution >= 4 is 69.7 Å². The van der Waals surface area contributed by atoms with Gasteiger partial charge in [-0.05, 0) is 96.3 Å². The average molecular weight is 725 g/mol. The molecule has 5 rings (SSSR count). The van der Waals surface area contributed by atoms with E-state index in [1.165, 1.54) is 0 Å². The molecule has 5 aromatic rings. The first-order valence-electron chi connectivity index (χ1n) is 14.7. The highest BCUT2D eigenvalue weighted by Gasteiger charge is 2.17. The molecule has 5 aromatic carbocycles. The fraction of sp³-hybridized carbons (Fsp3) is 0.132. The summed E-state index contributed by atoms with van der Waals surface area (Å²) in [7, 11) is 0. The van der Waals surface area contributed by atoms with Crippen LogP contribution in [0.3, 0.4) is 0 Å². The minimum atomic E-state index is -1.02. The van der Waals surface area contributed by atoms with Crippen LogP contribution in [0.2, 0.25) is 20.1 Å². The molecule has 0 amide bonds. The van der Waals surface area contributed by atoms with Gasteiger partial charge in [-0.25, -0.2) is 4.79 Å². The largest absolute Gasteiger partial charge is 0.497 e. The molecule has 9 heteroatoms. The number of halogens is 4. The first-order valence-corrected chi connectivity index (χ1v) is 17.2. The Morgan fingerprint density at radius 1 is 0.723 bits per heavy atom. The number of ether oxygens (including phenoxy) is 2. The van der Waals surface area contributed by atoms with Gasteiger partial charge in [0.2, 0.25) is 0 Å². The van der Waals surface area contributed by atoms with Crippen LogP contribution in [0.5, 0.6) is 5.75 Å². The third-order valence-corrected chi connectivity index (χ3v) is 9.41. The summed E-state index contributed by atoms with van der Waals surface area (Å²) in [4.78, 5) is 12.0. The maximum Gasteiger partial charge on any atom is 0.341 e. The van der Waals surface area contributed by atoms with E-state index >= 15 is 0 Å². The summed E-state index contributed by atoms with van der Waals surface area (Å²) >= 11 is 27.2. The lowest BCUT2D eigenvalue weighted by atomic mass is 9.93. The van der Waals surface area contributed by atoms with Crippen LogP contribution in [0, 0.1) is 6.92 Å². The van der Waals surface area contributed by atoms with Gasteiger partial charge in [0.1, 0.15) is 11.5 Å². The van der Waals surface area contributed by atoms with Crippen LogP contribution in [0.1, 0.15) is 23.6 Å². The van der Waals surface area contributed by atoms with Gasteiger partial charge in [-0.3, -0.25) is 0 Å². The Morgan fingerprint density at radius 3 is 1.72 bits per heavy atom. The van der Waals surface area contributed by atoms with Gasteiger partial charge in [-0.2, -0.15) is 0 Å². The molecule has 0 bridgehead atoms. The van der Waals surface area contributed by atoms with Crippen molar-refractivity contribution in [3.05, 3.63) is 146 Å². The van der Waals surface area contributed by atoms with Crippen molar-refractivity contribution in [1.29, 1.82) is 0 Å². The van der Waals surface area contributed by atoms with E-state index in [1.807, 2.05) is 62.4 Å². The molecule has 0 aliphatic carbocycles. The van der Waals surface area contributed by atoms with Crippen molar-refractivity contribution in [3.63, 3.8) is 0 Å². The van der Waals surface area contributed by atoms with Crippen molar-refractivity contribution in [3.8, 4) is 28.0 Å². The fourth-order valence-corrected chi connectivity index (χ4v) is 6.83. The predicted octanol–water partition coefficient (Wildman–Crippen LogP) is 12.0. The minimum absolute atomic E-state index is 0.390. The van der Waals surface area contributed by atoms with Gasteiger partial charge in [0, 0.05) is 41.7 Å². The minimum Gasteiger partial charge on any atom is -0.497 e. The topological polar surface area (TPSA) is 55.8 Å². The van der Waals surface area contributed by atoms with Gasteiger partial charge in [0.15, 0.2) is 6.61 Å². The van der Waals surface area contributed by atoms with Crippen LogP contribution in [-0.2, 0) is 9.53 Å². The average Bonchev–Trinajstić information content (AvgIpc) is 3.06. The molecule has 47 heavy (non-hydrogen) atoms. The Kier molecular flexibility index (Phi) is 11.8.